The van der Waals surface area contributed by atoms with Crippen LogP contribution >= 0.6 is 0 Å². The summed E-state index contributed by atoms with van der Waals surface area (Å²) >= 11 is 0. The Labute approximate surface area is 164 Å². The first kappa shape index (κ1) is 19.6. The van der Waals surface area contributed by atoms with E-state index in [1.165, 1.54) is 0 Å². The maximum Gasteiger partial charge on any atom is 0.251 e. The maximum absolute atomic E-state index is 12.5. The van der Waals surface area contributed by atoms with Crippen LogP contribution in [0.3, 0.4) is 0 Å². The molecule has 1 aliphatic heterocycles. The summed E-state index contributed by atoms with van der Waals surface area (Å²) in [7, 11) is 3.79. The normalized spacial score (nSPS) is 16.4. The van der Waals surface area contributed by atoms with Crippen LogP contribution in [0.15, 0.2) is 42.5 Å². The fraction of sp³-hybridized carbons (Fsp3) is 0.400. The zero-order chi connectivity index (χ0) is 19.9. The van der Waals surface area contributed by atoms with Gasteiger partial charge in [0.15, 0.2) is 5.82 Å². The molecule has 1 aliphatic rings. The van der Waals surface area contributed by atoms with E-state index in [1.54, 1.807) is 35.2 Å². The minimum atomic E-state index is -0.255. The highest BCUT2D eigenvalue weighted by atomic mass is 16.5. The molecule has 0 radical (unpaired) electrons. The quantitative estimate of drug-likeness (QED) is 0.810. The number of anilines is 1. The lowest BCUT2D eigenvalue weighted by molar-refractivity contribution is -0.132. The number of aromatic nitrogens is 2. The Kier molecular flexibility index (Phi) is 6.41. The number of ether oxygens (including phenoxy) is 1. The predicted molar refractivity (Wildman–Crippen MR) is 105 cm³/mol. The van der Waals surface area contributed by atoms with Crippen molar-refractivity contribution in [3.63, 3.8) is 0 Å². The van der Waals surface area contributed by atoms with E-state index < -0.39 is 0 Å². The number of amides is 2. The van der Waals surface area contributed by atoms with E-state index in [1.807, 2.05) is 31.1 Å². The van der Waals surface area contributed by atoms with Gasteiger partial charge in [-0.15, -0.1) is 10.2 Å². The van der Waals surface area contributed by atoms with Crippen molar-refractivity contribution in [2.75, 3.05) is 38.6 Å². The summed E-state index contributed by atoms with van der Waals surface area (Å²) < 4.78 is 5.89. The largest absolute Gasteiger partial charge is 0.471 e. The first-order valence-electron chi connectivity index (χ1n) is 9.31. The molecule has 1 aromatic carbocycles. The van der Waals surface area contributed by atoms with Crippen molar-refractivity contribution in [1.29, 1.82) is 0 Å². The number of nitrogens with zero attached hydrogens (tertiary/aromatic N) is 4. The van der Waals surface area contributed by atoms with Gasteiger partial charge in [0.1, 0.15) is 6.10 Å². The minimum Gasteiger partial charge on any atom is -0.471 e. The number of rotatable bonds is 6. The van der Waals surface area contributed by atoms with E-state index in [0.717, 1.165) is 18.7 Å². The average Bonchev–Trinajstić information content (AvgIpc) is 2.73. The zero-order valence-corrected chi connectivity index (χ0v) is 16.2. The van der Waals surface area contributed by atoms with Gasteiger partial charge < -0.3 is 19.9 Å². The van der Waals surface area contributed by atoms with Gasteiger partial charge in [-0.3, -0.25) is 9.59 Å². The summed E-state index contributed by atoms with van der Waals surface area (Å²) in [4.78, 5) is 28.1. The van der Waals surface area contributed by atoms with E-state index in [9.17, 15) is 9.59 Å². The van der Waals surface area contributed by atoms with Crippen LogP contribution in [0.5, 0.6) is 5.88 Å². The third kappa shape index (κ3) is 5.18. The van der Waals surface area contributed by atoms with E-state index in [4.69, 9.17) is 4.74 Å². The molecule has 1 unspecified atom stereocenters. The van der Waals surface area contributed by atoms with Crippen molar-refractivity contribution in [3.8, 4) is 5.88 Å². The van der Waals surface area contributed by atoms with Crippen LogP contribution < -0.4 is 15.0 Å². The van der Waals surface area contributed by atoms with E-state index >= 15 is 0 Å². The summed E-state index contributed by atoms with van der Waals surface area (Å²) in [6.45, 7) is 1.10. The minimum absolute atomic E-state index is 0.0300. The van der Waals surface area contributed by atoms with Crippen LogP contribution in [-0.4, -0.2) is 66.7 Å². The summed E-state index contributed by atoms with van der Waals surface area (Å²) in [5.41, 5.74) is 0.537. The average molecular weight is 383 g/mol. The number of hydrogen-bond acceptors (Lipinski definition) is 6. The van der Waals surface area contributed by atoms with Crippen molar-refractivity contribution in [1.82, 2.24) is 20.4 Å². The molecular formula is C20H25N5O3. The number of carbonyl (C=O) groups is 2. The smallest absolute Gasteiger partial charge is 0.251 e. The standard InChI is InChI=1S/C20H25N5O3/c1-24(2)17-10-11-18(23-22-17)28-16-9-6-12-25(14-16)19(26)13-21-20(27)15-7-4-3-5-8-15/h3-5,7-8,10-11,16H,6,9,12-14H2,1-2H3,(H,21,27). The van der Waals surface area contributed by atoms with Crippen molar-refractivity contribution in [2.24, 2.45) is 0 Å². The summed E-state index contributed by atoms with van der Waals surface area (Å²) in [6.07, 6.45) is 1.55. The van der Waals surface area contributed by atoms with E-state index in [0.29, 0.717) is 24.5 Å². The molecule has 148 valence electrons. The van der Waals surface area contributed by atoms with Gasteiger partial charge in [0.25, 0.3) is 5.91 Å². The molecule has 1 N–H and O–H groups in total. The molecule has 0 spiro atoms. The van der Waals surface area contributed by atoms with Gasteiger partial charge in [0.05, 0.1) is 13.1 Å². The highest BCUT2D eigenvalue weighted by Gasteiger charge is 2.25. The summed E-state index contributed by atoms with van der Waals surface area (Å²) in [5.74, 6) is 0.825. The highest BCUT2D eigenvalue weighted by molar-refractivity contribution is 5.96. The summed E-state index contributed by atoms with van der Waals surface area (Å²) in [5, 5.41) is 10.9. The molecule has 0 saturated carbocycles. The molecule has 0 aliphatic carbocycles. The van der Waals surface area contributed by atoms with Gasteiger partial charge in [0.2, 0.25) is 11.8 Å². The van der Waals surface area contributed by atoms with Gasteiger partial charge in [-0.05, 0) is 31.0 Å². The highest BCUT2D eigenvalue weighted by Crippen LogP contribution is 2.17. The van der Waals surface area contributed by atoms with Crippen molar-refractivity contribution < 1.29 is 14.3 Å². The van der Waals surface area contributed by atoms with Crippen LogP contribution in [0, 0.1) is 0 Å². The number of benzene rings is 1. The first-order valence-corrected chi connectivity index (χ1v) is 9.31. The van der Waals surface area contributed by atoms with Crippen LogP contribution in [-0.2, 0) is 4.79 Å². The molecule has 1 atom stereocenters. The SMILES string of the molecule is CN(C)c1ccc(OC2CCCN(C(=O)CNC(=O)c3ccccc3)C2)nn1. The number of nitrogens with one attached hydrogen (secondary N) is 1. The third-order valence-corrected chi connectivity index (χ3v) is 4.54. The lowest BCUT2D eigenvalue weighted by Gasteiger charge is -2.32. The van der Waals surface area contributed by atoms with Crippen molar-refractivity contribution in [2.45, 2.75) is 18.9 Å². The second-order valence-corrected chi connectivity index (χ2v) is 6.89. The van der Waals surface area contributed by atoms with Crippen LogP contribution in [0.4, 0.5) is 5.82 Å². The number of piperidine rings is 1. The maximum atomic E-state index is 12.5. The van der Waals surface area contributed by atoms with Crippen molar-refractivity contribution >= 4 is 17.6 Å². The Bertz CT molecular complexity index is 795. The third-order valence-electron chi connectivity index (χ3n) is 4.54. The Balaban J connectivity index is 1.49. The van der Waals surface area contributed by atoms with E-state index in [2.05, 4.69) is 15.5 Å². The number of hydrogen-bond donors (Lipinski definition) is 1. The van der Waals surface area contributed by atoms with Gasteiger partial charge in [-0.1, -0.05) is 18.2 Å². The lowest BCUT2D eigenvalue weighted by atomic mass is 10.1. The summed E-state index contributed by atoms with van der Waals surface area (Å²) in [6, 6.07) is 12.5. The Hall–Kier alpha value is -3.16. The van der Waals surface area contributed by atoms with E-state index in [-0.39, 0.29) is 24.5 Å². The van der Waals surface area contributed by atoms with Crippen LogP contribution in [0.2, 0.25) is 0 Å². The Morgan fingerprint density at radius 2 is 1.96 bits per heavy atom. The second kappa shape index (κ2) is 9.16. The molecule has 1 aromatic heterocycles. The molecular weight excluding hydrogens is 358 g/mol. The van der Waals surface area contributed by atoms with Crippen LogP contribution in [0.1, 0.15) is 23.2 Å². The Morgan fingerprint density at radius 1 is 1.18 bits per heavy atom. The van der Waals surface area contributed by atoms with Crippen molar-refractivity contribution in [3.05, 3.63) is 48.0 Å². The zero-order valence-electron chi connectivity index (χ0n) is 16.2. The molecule has 8 heteroatoms. The molecule has 8 nitrogen and oxygen atoms in total. The Morgan fingerprint density at radius 3 is 2.64 bits per heavy atom. The van der Waals surface area contributed by atoms with Crippen LogP contribution in [0.25, 0.3) is 0 Å². The molecule has 1 fully saturated rings. The van der Waals surface area contributed by atoms with Gasteiger partial charge in [-0.25, -0.2) is 0 Å². The molecule has 2 heterocycles. The van der Waals surface area contributed by atoms with Gasteiger partial charge in [0, 0.05) is 32.3 Å². The van der Waals surface area contributed by atoms with Gasteiger partial charge >= 0.3 is 0 Å². The topological polar surface area (TPSA) is 87.7 Å². The molecule has 3 rings (SSSR count). The lowest BCUT2D eigenvalue weighted by Crippen LogP contribution is -2.48. The second-order valence-electron chi connectivity index (χ2n) is 6.89. The molecule has 2 amide bonds. The number of carbonyl (C=O) groups excluding carboxylic acids is 2. The number of likely N-dealkylation sites (tertiary alicyclic amines) is 1. The molecule has 28 heavy (non-hydrogen) atoms. The molecule has 2 aromatic rings. The predicted octanol–water partition coefficient (Wildman–Crippen LogP) is 1.34. The fourth-order valence-corrected chi connectivity index (χ4v) is 3.01. The van der Waals surface area contributed by atoms with Gasteiger partial charge in [-0.2, -0.15) is 0 Å². The molecule has 1 saturated heterocycles. The molecule has 0 bridgehead atoms. The first-order chi connectivity index (χ1) is 13.5. The monoisotopic (exact) mass is 383 g/mol. The fourth-order valence-electron chi connectivity index (χ4n) is 3.01.